The number of hydrogen-bond donors (Lipinski definition) is 0. The largest absolute Gasteiger partial charge is 0.283 e. The monoisotopic (exact) mass is 334 g/mol. The molecule has 25 heavy (non-hydrogen) atoms. The van der Waals surface area contributed by atoms with Gasteiger partial charge in [-0.05, 0) is 35.2 Å². The van der Waals surface area contributed by atoms with Crippen LogP contribution in [-0.2, 0) is 10.8 Å². The van der Waals surface area contributed by atoms with Crippen LogP contribution in [0, 0.1) is 0 Å². The van der Waals surface area contributed by atoms with E-state index in [1.807, 2.05) is 40.9 Å². The lowest BCUT2D eigenvalue weighted by Crippen LogP contribution is -2.11. The first-order valence-corrected chi connectivity index (χ1v) is 8.66. The van der Waals surface area contributed by atoms with Crippen LogP contribution in [0.2, 0.25) is 0 Å². The Balaban J connectivity index is 2.01. The molecule has 2 aromatic heterocycles. The number of hydrogen-bond acceptors (Lipinski definition) is 3. The van der Waals surface area contributed by atoms with Crippen LogP contribution in [0.25, 0.3) is 5.65 Å². The van der Waals surface area contributed by atoms with Crippen molar-refractivity contribution in [2.75, 3.05) is 0 Å². The molecular weight excluding hydrogens is 308 g/mol. The molecule has 3 aromatic rings. The first-order chi connectivity index (χ1) is 11.7. The van der Waals surface area contributed by atoms with Crippen LogP contribution in [-0.4, -0.2) is 9.38 Å². The molecule has 0 amide bonds. The van der Waals surface area contributed by atoms with E-state index in [1.54, 1.807) is 0 Å². The molecule has 0 saturated carbocycles. The van der Waals surface area contributed by atoms with Crippen molar-refractivity contribution >= 4 is 17.2 Å². The van der Waals surface area contributed by atoms with Crippen molar-refractivity contribution < 1.29 is 0 Å². The predicted molar refractivity (Wildman–Crippen MR) is 103 cm³/mol. The predicted octanol–water partition coefficient (Wildman–Crippen LogP) is 6.34. The molecule has 0 unspecified atom stereocenters. The second kappa shape index (κ2) is 6.10. The van der Waals surface area contributed by atoms with Crippen molar-refractivity contribution in [2.45, 2.75) is 52.4 Å². The third kappa shape index (κ3) is 3.63. The fraction of sp³-hybridized carbons (Fsp3) is 0.381. The lowest BCUT2D eigenvalue weighted by atomic mass is 9.87. The topological polar surface area (TPSA) is 42.0 Å². The minimum atomic E-state index is -0.101. The Morgan fingerprint density at radius 2 is 1.48 bits per heavy atom. The van der Waals surface area contributed by atoms with E-state index in [-0.39, 0.29) is 10.8 Å². The number of pyridine rings is 1. The SMILES string of the molecule is CC(C)(C)c1ccc(N=Nc2c(C(C)(C)C)nc3ccccn23)cc1. The molecule has 130 valence electrons. The van der Waals surface area contributed by atoms with Crippen molar-refractivity contribution in [3.05, 3.63) is 59.9 Å². The molecule has 0 fully saturated rings. The molecule has 0 aliphatic rings. The van der Waals surface area contributed by atoms with E-state index in [0.717, 1.165) is 22.8 Å². The zero-order valence-corrected chi connectivity index (χ0v) is 15.9. The molecular formula is C21H26N4. The number of nitrogens with zero attached hydrogens (tertiary/aromatic N) is 4. The van der Waals surface area contributed by atoms with Gasteiger partial charge in [0.05, 0.1) is 11.4 Å². The minimum Gasteiger partial charge on any atom is -0.283 e. The number of imidazole rings is 1. The molecule has 0 aliphatic carbocycles. The van der Waals surface area contributed by atoms with Crippen LogP contribution < -0.4 is 0 Å². The fourth-order valence-corrected chi connectivity index (χ4v) is 2.71. The summed E-state index contributed by atoms with van der Waals surface area (Å²) in [6, 6.07) is 14.2. The van der Waals surface area contributed by atoms with E-state index in [0.29, 0.717) is 0 Å². The maximum absolute atomic E-state index is 4.75. The van der Waals surface area contributed by atoms with Crippen molar-refractivity contribution in [1.29, 1.82) is 0 Å². The molecule has 2 heterocycles. The zero-order valence-electron chi connectivity index (χ0n) is 15.9. The quantitative estimate of drug-likeness (QED) is 0.504. The molecule has 3 rings (SSSR count). The van der Waals surface area contributed by atoms with Crippen molar-refractivity contribution in [3.63, 3.8) is 0 Å². The van der Waals surface area contributed by atoms with Gasteiger partial charge in [-0.25, -0.2) is 4.98 Å². The van der Waals surface area contributed by atoms with Crippen molar-refractivity contribution in [1.82, 2.24) is 9.38 Å². The van der Waals surface area contributed by atoms with Crippen LogP contribution in [0.3, 0.4) is 0 Å². The van der Waals surface area contributed by atoms with Gasteiger partial charge >= 0.3 is 0 Å². The highest BCUT2D eigenvalue weighted by Crippen LogP contribution is 2.33. The third-order valence-electron chi connectivity index (χ3n) is 4.21. The van der Waals surface area contributed by atoms with Crippen LogP contribution in [0.4, 0.5) is 11.5 Å². The Kier molecular flexibility index (Phi) is 4.23. The van der Waals surface area contributed by atoms with Gasteiger partial charge in [0.2, 0.25) is 0 Å². The van der Waals surface area contributed by atoms with E-state index in [9.17, 15) is 0 Å². The Morgan fingerprint density at radius 1 is 0.800 bits per heavy atom. The summed E-state index contributed by atoms with van der Waals surface area (Å²) < 4.78 is 1.99. The number of aromatic nitrogens is 2. The smallest absolute Gasteiger partial charge is 0.183 e. The Morgan fingerprint density at radius 3 is 2.08 bits per heavy atom. The van der Waals surface area contributed by atoms with Gasteiger partial charge in [0.15, 0.2) is 5.82 Å². The summed E-state index contributed by atoms with van der Waals surface area (Å²) in [6.45, 7) is 13.1. The van der Waals surface area contributed by atoms with E-state index in [2.05, 4.69) is 63.9 Å². The molecule has 0 N–H and O–H groups in total. The van der Waals surface area contributed by atoms with Crippen LogP contribution in [0.15, 0.2) is 58.9 Å². The average molecular weight is 334 g/mol. The van der Waals surface area contributed by atoms with Gasteiger partial charge in [0, 0.05) is 11.6 Å². The molecule has 0 aliphatic heterocycles. The second-order valence-electron chi connectivity index (χ2n) is 8.46. The maximum atomic E-state index is 4.75. The highest BCUT2D eigenvalue weighted by molar-refractivity contribution is 5.54. The van der Waals surface area contributed by atoms with Crippen molar-refractivity contribution in [3.8, 4) is 0 Å². The first-order valence-electron chi connectivity index (χ1n) is 8.66. The summed E-state index contributed by atoms with van der Waals surface area (Å²) in [5.74, 6) is 0.794. The van der Waals surface area contributed by atoms with Gasteiger partial charge in [0.1, 0.15) is 5.65 Å². The normalized spacial score (nSPS) is 13.0. The van der Waals surface area contributed by atoms with Gasteiger partial charge in [-0.15, -0.1) is 10.2 Å². The highest BCUT2D eigenvalue weighted by Gasteiger charge is 2.24. The zero-order chi connectivity index (χ0) is 18.2. The van der Waals surface area contributed by atoms with E-state index < -0.39 is 0 Å². The summed E-state index contributed by atoms with van der Waals surface area (Å²) >= 11 is 0. The van der Waals surface area contributed by atoms with Crippen molar-refractivity contribution in [2.24, 2.45) is 10.2 Å². The Labute approximate surface area is 149 Å². The first kappa shape index (κ1) is 17.3. The number of rotatable bonds is 2. The van der Waals surface area contributed by atoms with Gasteiger partial charge in [0.25, 0.3) is 0 Å². The molecule has 0 atom stereocenters. The lowest BCUT2D eigenvalue weighted by Gasteiger charge is -2.18. The van der Waals surface area contributed by atoms with Gasteiger partial charge in [-0.3, -0.25) is 4.40 Å². The van der Waals surface area contributed by atoms with Crippen LogP contribution in [0.5, 0.6) is 0 Å². The molecule has 1 aromatic carbocycles. The number of fused-ring (bicyclic) bond motifs is 1. The average Bonchev–Trinajstić information content (AvgIpc) is 2.91. The molecule has 4 nitrogen and oxygen atoms in total. The van der Waals surface area contributed by atoms with Gasteiger partial charge in [-0.2, -0.15) is 0 Å². The minimum absolute atomic E-state index is 0.101. The highest BCUT2D eigenvalue weighted by atomic mass is 15.2. The van der Waals surface area contributed by atoms with E-state index in [1.165, 1.54) is 5.56 Å². The Bertz CT molecular complexity index is 904. The maximum Gasteiger partial charge on any atom is 0.183 e. The Hall–Kier alpha value is -2.49. The number of benzene rings is 1. The summed E-state index contributed by atoms with van der Waals surface area (Å²) in [7, 11) is 0. The van der Waals surface area contributed by atoms with Crippen LogP contribution >= 0.6 is 0 Å². The summed E-state index contributed by atoms with van der Waals surface area (Å²) in [4.78, 5) is 4.75. The fourth-order valence-electron chi connectivity index (χ4n) is 2.71. The molecule has 0 saturated heterocycles. The van der Waals surface area contributed by atoms with E-state index in [4.69, 9.17) is 4.98 Å². The summed E-state index contributed by atoms with van der Waals surface area (Å²) in [6.07, 6.45) is 1.98. The van der Waals surface area contributed by atoms with Crippen LogP contribution in [0.1, 0.15) is 52.8 Å². The number of azo groups is 1. The third-order valence-corrected chi connectivity index (χ3v) is 4.21. The summed E-state index contributed by atoms with van der Waals surface area (Å²) in [5, 5.41) is 9.01. The molecule has 4 heteroatoms. The second-order valence-corrected chi connectivity index (χ2v) is 8.46. The lowest BCUT2D eigenvalue weighted by molar-refractivity contribution is 0.573. The van der Waals surface area contributed by atoms with Gasteiger partial charge < -0.3 is 0 Å². The molecule has 0 spiro atoms. The standard InChI is InChI=1S/C21H26N4/c1-20(2,3)15-10-12-16(13-11-15)23-24-19-18(21(4,5)6)22-17-9-7-8-14-25(17)19/h7-14H,1-6H3. The van der Waals surface area contributed by atoms with E-state index >= 15 is 0 Å². The van der Waals surface area contributed by atoms with Gasteiger partial charge in [-0.1, -0.05) is 59.7 Å². The molecule has 0 radical (unpaired) electrons. The summed E-state index contributed by atoms with van der Waals surface area (Å²) in [5.41, 5.74) is 4.02. The molecule has 0 bridgehead atoms.